The number of hydrogen-bond acceptors (Lipinski definition) is 6. The molecule has 0 atom stereocenters. The minimum Gasteiger partial charge on any atom is -0.482 e. The van der Waals surface area contributed by atoms with E-state index >= 15 is 0 Å². The zero-order valence-electron chi connectivity index (χ0n) is 26.6. The van der Waals surface area contributed by atoms with Crippen molar-refractivity contribution in [2.75, 3.05) is 24.8 Å². The first kappa shape index (κ1) is 32.9. The van der Waals surface area contributed by atoms with Crippen LogP contribution < -0.4 is 20.5 Å². The summed E-state index contributed by atoms with van der Waals surface area (Å²) in [5, 5.41) is 4.77. The number of alkyl carbamates (subject to hydrolysis) is 1. The molecule has 0 saturated heterocycles. The third-order valence-electron chi connectivity index (χ3n) is 6.92. The number of benzene rings is 3. The normalized spacial score (nSPS) is 12.6. The van der Waals surface area contributed by atoms with Crippen molar-refractivity contribution in [3.63, 3.8) is 0 Å². The van der Waals surface area contributed by atoms with Gasteiger partial charge in [-0.2, -0.15) is 0 Å². The van der Waals surface area contributed by atoms with Gasteiger partial charge in [0.15, 0.2) is 11.4 Å². The van der Waals surface area contributed by atoms with Crippen molar-refractivity contribution in [2.24, 2.45) is 0 Å². The number of carbonyl (C=O) groups excluding carboxylic acids is 2. The molecule has 9 nitrogen and oxygen atoms in total. The standard InChI is InChI=1S/C34H36N4O5.C2H6/c1-34(2,3)43-33(41)35-20-22-36-24-38(29(26-15-9-5-10-16-26)27-17-11-6-12-18-27)37-21-19-28(39)31(30(37)32(36)40)42-23-25-13-7-4-8-14-25;1-2/h4-19,21,29H,20,22-24H2,1-3H3,(H,35,41);1-2H3. The number of amides is 2. The maximum atomic E-state index is 14.1. The number of ether oxygens (including phenoxy) is 2. The smallest absolute Gasteiger partial charge is 0.407 e. The minimum absolute atomic E-state index is 0.0222. The summed E-state index contributed by atoms with van der Waals surface area (Å²) >= 11 is 0. The number of nitrogens with zero attached hydrogens (tertiary/aromatic N) is 3. The predicted molar refractivity (Wildman–Crippen MR) is 176 cm³/mol. The van der Waals surface area contributed by atoms with Gasteiger partial charge in [-0.15, -0.1) is 0 Å². The van der Waals surface area contributed by atoms with E-state index in [2.05, 4.69) is 5.32 Å². The number of carbonyl (C=O) groups is 2. The number of aromatic nitrogens is 1. The monoisotopic (exact) mass is 610 g/mol. The van der Waals surface area contributed by atoms with Gasteiger partial charge in [0, 0.05) is 25.4 Å². The maximum absolute atomic E-state index is 14.1. The van der Waals surface area contributed by atoms with E-state index in [-0.39, 0.29) is 55.2 Å². The highest BCUT2D eigenvalue weighted by molar-refractivity contribution is 5.96. The summed E-state index contributed by atoms with van der Waals surface area (Å²) in [6.45, 7) is 10.0. The Hall–Kier alpha value is -5.05. The van der Waals surface area contributed by atoms with Gasteiger partial charge in [0.05, 0.1) is 6.04 Å². The molecule has 0 radical (unpaired) electrons. The van der Waals surface area contributed by atoms with E-state index in [1.54, 1.807) is 36.5 Å². The quantitative estimate of drug-likeness (QED) is 0.246. The Morgan fingerprint density at radius 3 is 1.96 bits per heavy atom. The fourth-order valence-corrected chi connectivity index (χ4v) is 5.04. The summed E-state index contributed by atoms with van der Waals surface area (Å²) in [6.07, 6.45) is 1.06. The topological polar surface area (TPSA) is 93.1 Å². The molecule has 4 aromatic rings. The van der Waals surface area contributed by atoms with Gasteiger partial charge in [0.1, 0.15) is 18.9 Å². The van der Waals surface area contributed by atoms with E-state index in [9.17, 15) is 14.4 Å². The van der Waals surface area contributed by atoms with Gasteiger partial charge < -0.3 is 19.7 Å². The first-order valence-corrected chi connectivity index (χ1v) is 15.3. The van der Waals surface area contributed by atoms with Gasteiger partial charge in [-0.05, 0) is 37.5 Å². The average molecular weight is 611 g/mol. The van der Waals surface area contributed by atoms with Crippen LogP contribution in [0.1, 0.15) is 67.8 Å². The summed E-state index contributed by atoms with van der Waals surface area (Å²) in [7, 11) is 0. The number of fused-ring (bicyclic) bond motifs is 1. The Bertz CT molecular complexity index is 1560. The number of pyridine rings is 1. The summed E-state index contributed by atoms with van der Waals surface area (Å²) < 4.78 is 13.2. The lowest BCUT2D eigenvalue weighted by molar-refractivity contribution is 0.0506. The summed E-state index contributed by atoms with van der Waals surface area (Å²) in [5.41, 5.74) is 1.97. The molecule has 0 fully saturated rings. The molecule has 5 rings (SSSR count). The lowest BCUT2D eigenvalue weighted by Gasteiger charge is -2.44. The van der Waals surface area contributed by atoms with Crippen molar-refractivity contribution >= 4 is 12.0 Å². The van der Waals surface area contributed by atoms with Gasteiger partial charge in [-0.25, -0.2) is 4.79 Å². The predicted octanol–water partition coefficient (Wildman–Crippen LogP) is 6.12. The van der Waals surface area contributed by atoms with Gasteiger partial charge in [-0.1, -0.05) is 105 Å². The zero-order valence-corrected chi connectivity index (χ0v) is 26.6. The summed E-state index contributed by atoms with van der Waals surface area (Å²) in [4.78, 5) is 41.2. The van der Waals surface area contributed by atoms with E-state index in [4.69, 9.17) is 9.47 Å². The number of nitrogens with one attached hydrogen (secondary N) is 1. The van der Waals surface area contributed by atoms with Crippen LogP contribution in [-0.4, -0.2) is 46.9 Å². The van der Waals surface area contributed by atoms with E-state index in [1.807, 2.05) is 110 Å². The first-order chi connectivity index (χ1) is 21.7. The molecule has 2 amide bonds. The van der Waals surface area contributed by atoms with E-state index in [0.29, 0.717) is 0 Å². The molecule has 0 bridgehead atoms. The Labute approximate surface area is 265 Å². The fourth-order valence-electron chi connectivity index (χ4n) is 5.04. The van der Waals surface area contributed by atoms with Gasteiger partial charge in [0.25, 0.3) is 5.91 Å². The van der Waals surface area contributed by atoms with Crippen LogP contribution in [0.15, 0.2) is 108 Å². The molecule has 2 heterocycles. The maximum Gasteiger partial charge on any atom is 0.407 e. The van der Waals surface area contributed by atoms with E-state index in [1.165, 1.54) is 6.07 Å². The Morgan fingerprint density at radius 1 is 0.844 bits per heavy atom. The van der Waals surface area contributed by atoms with Gasteiger partial charge in [0.2, 0.25) is 5.43 Å². The highest BCUT2D eigenvalue weighted by atomic mass is 16.6. The Morgan fingerprint density at radius 2 is 1.40 bits per heavy atom. The van der Waals surface area contributed by atoms with Crippen LogP contribution in [0.5, 0.6) is 5.75 Å². The third-order valence-corrected chi connectivity index (χ3v) is 6.92. The van der Waals surface area contributed by atoms with Crippen LogP contribution in [0.25, 0.3) is 0 Å². The molecule has 0 spiro atoms. The second kappa shape index (κ2) is 15.1. The molecule has 45 heavy (non-hydrogen) atoms. The summed E-state index contributed by atoms with van der Waals surface area (Å²) in [6, 6.07) is 30.6. The van der Waals surface area contributed by atoms with Crippen LogP contribution in [0.3, 0.4) is 0 Å². The van der Waals surface area contributed by atoms with Crippen LogP contribution >= 0.6 is 0 Å². The van der Waals surface area contributed by atoms with Gasteiger partial charge in [-0.3, -0.25) is 19.3 Å². The van der Waals surface area contributed by atoms with Gasteiger partial charge >= 0.3 is 6.09 Å². The largest absolute Gasteiger partial charge is 0.482 e. The molecule has 9 heteroatoms. The van der Waals surface area contributed by atoms with Crippen LogP contribution in [0, 0.1) is 0 Å². The second-order valence-corrected chi connectivity index (χ2v) is 11.3. The molecule has 1 N–H and O–H groups in total. The Kier molecular flexibility index (Phi) is 11.0. The molecule has 1 aromatic heterocycles. The van der Waals surface area contributed by atoms with Crippen molar-refractivity contribution in [1.82, 2.24) is 14.9 Å². The second-order valence-electron chi connectivity index (χ2n) is 11.3. The molecule has 0 aliphatic carbocycles. The van der Waals surface area contributed by atoms with Crippen molar-refractivity contribution in [2.45, 2.75) is 52.9 Å². The molecule has 0 saturated carbocycles. The summed E-state index contributed by atoms with van der Waals surface area (Å²) in [5.74, 6) is -0.395. The fraction of sp³-hybridized carbons (Fsp3) is 0.306. The molecule has 1 aliphatic rings. The lowest BCUT2D eigenvalue weighted by atomic mass is 9.98. The SMILES string of the molecule is CC.CC(C)(C)OC(=O)NCCN1CN(C(c2ccccc2)c2ccccc2)n2ccc(=O)c(OCc3ccccc3)c2C1=O. The molecule has 1 aliphatic heterocycles. The average Bonchev–Trinajstić information content (AvgIpc) is 3.04. The van der Waals surface area contributed by atoms with Crippen molar-refractivity contribution in [3.05, 3.63) is 136 Å². The zero-order chi connectivity index (χ0) is 32.4. The highest BCUT2D eigenvalue weighted by Crippen LogP contribution is 2.32. The molecular weight excluding hydrogens is 568 g/mol. The number of hydrogen-bond donors (Lipinski definition) is 1. The molecular formula is C36H42N4O5. The molecule has 236 valence electrons. The molecule has 3 aromatic carbocycles. The third kappa shape index (κ3) is 8.32. The van der Waals surface area contributed by atoms with Crippen LogP contribution in [0.2, 0.25) is 0 Å². The van der Waals surface area contributed by atoms with Crippen molar-refractivity contribution in [1.29, 1.82) is 0 Å². The van der Waals surface area contributed by atoms with Crippen LogP contribution in [-0.2, 0) is 11.3 Å². The highest BCUT2D eigenvalue weighted by Gasteiger charge is 2.37. The first-order valence-electron chi connectivity index (χ1n) is 15.3. The lowest BCUT2D eigenvalue weighted by Crippen LogP contribution is -2.56. The van der Waals surface area contributed by atoms with Crippen LogP contribution in [0.4, 0.5) is 4.79 Å². The van der Waals surface area contributed by atoms with E-state index in [0.717, 1.165) is 16.7 Å². The Balaban J connectivity index is 0.00000226. The molecule has 0 unspecified atom stereocenters. The van der Waals surface area contributed by atoms with E-state index < -0.39 is 11.7 Å². The van der Waals surface area contributed by atoms with Crippen molar-refractivity contribution in [3.8, 4) is 5.75 Å². The minimum atomic E-state index is -0.647. The number of rotatable bonds is 9. The van der Waals surface area contributed by atoms with Crippen molar-refractivity contribution < 1.29 is 19.1 Å².